The van der Waals surface area contributed by atoms with Crippen LogP contribution in [0.3, 0.4) is 0 Å². The molecule has 2 bridgehead atoms. The molecule has 0 saturated carbocycles. The highest BCUT2D eigenvalue weighted by Gasteiger charge is 2.55. The number of fused-ring (bicyclic) bond motifs is 3. The van der Waals surface area contributed by atoms with E-state index in [9.17, 15) is 14.7 Å². The third-order valence-electron chi connectivity index (χ3n) is 7.32. The lowest BCUT2D eigenvalue weighted by Gasteiger charge is -2.54. The second-order valence-corrected chi connectivity index (χ2v) is 9.93. The summed E-state index contributed by atoms with van der Waals surface area (Å²) in [5.41, 5.74) is 5.42. The number of nitrogens with two attached hydrogens (primary N) is 1. The third-order valence-corrected chi connectivity index (χ3v) is 8.01. The second-order valence-electron chi connectivity index (χ2n) is 9.15. The lowest BCUT2D eigenvalue weighted by molar-refractivity contribution is -0.965. The summed E-state index contributed by atoms with van der Waals surface area (Å²) >= 11 is 1.41. The molecule has 3 N–H and O–H groups in total. The summed E-state index contributed by atoms with van der Waals surface area (Å²) in [7, 11) is 0. The fourth-order valence-electron chi connectivity index (χ4n) is 5.58. The summed E-state index contributed by atoms with van der Waals surface area (Å²) < 4.78 is 6.45. The van der Waals surface area contributed by atoms with Crippen molar-refractivity contribution in [1.29, 1.82) is 0 Å². The molecule has 2 unspecified atom stereocenters. The van der Waals surface area contributed by atoms with Gasteiger partial charge in [-0.15, -0.1) is 0 Å². The van der Waals surface area contributed by atoms with E-state index in [0.717, 1.165) is 25.9 Å². The van der Waals surface area contributed by atoms with Crippen LogP contribution in [-0.2, 0) is 19.9 Å². The molecule has 2 aromatic heterocycles. The standard InChI is InChI=1S/C25H26N4O4S/c26-23(30)22(20-14-27-9-10-28-20)29-11-6-17(7-12-29)21(15-29)33-24(31)25(32,19-8-13-34-16-19)18-4-2-1-3-5-18/h1-5,8-10,13-14,16-17,21-22,32H,6-7,11-12,15H2,(H-,26,30)/p+1/t17?,21-,22?,25?,29?/m0/s1. The van der Waals surface area contributed by atoms with Gasteiger partial charge in [-0.05, 0) is 22.4 Å². The second kappa shape index (κ2) is 8.90. The van der Waals surface area contributed by atoms with E-state index in [1.165, 1.54) is 11.3 Å². The average Bonchev–Trinajstić information content (AvgIpc) is 3.41. The SMILES string of the molecule is NC(=O)C(c1cnccn1)[N+]12CCC(CC1)[C@@H](OC(=O)C(O)(c1ccccc1)c1ccsc1)C2. The van der Waals surface area contributed by atoms with Crippen LogP contribution in [0.4, 0.5) is 0 Å². The fraction of sp³-hybridized carbons (Fsp3) is 0.360. The van der Waals surface area contributed by atoms with Crippen LogP contribution in [0.25, 0.3) is 0 Å². The van der Waals surface area contributed by atoms with E-state index < -0.39 is 29.6 Å². The predicted molar refractivity (Wildman–Crippen MR) is 125 cm³/mol. The van der Waals surface area contributed by atoms with Gasteiger partial charge in [-0.2, -0.15) is 11.3 Å². The Morgan fingerprint density at radius 2 is 1.91 bits per heavy atom. The molecule has 176 valence electrons. The van der Waals surface area contributed by atoms with E-state index in [2.05, 4.69) is 9.97 Å². The van der Waals surface area contributed by atoms with Crippen LogP contribution < -0.4 is 5.73 Å². The number of carbonyl (C=O) groups excluding carboxylic acids is 2. The summed E-state index contributed by atoms with van der Waals surface area (Å²) in [5.74, 6) is -1.00. The van der Waals surface area contributed by atoms with Crippen molar-refractivity contribution in [3.05, 3.63) is 82.6 Å². The van der Waals surface area contributed by atoms with E-state index in [0.29, 0.717) is 27.8 Å². The van der Waals surface area contributed by atoms with Gasteiger partial charge in [0, 0.05) is 36.7 Å². The van der Waals surface area contributed by atoms with Gasteiger partial charge in [0.2, 0.25) is 11.6 Å². The van der Waals surface area contributed by atoms with E-state index in [-0.39, 0.29) is 5.92 Å². The highest BCUT2D eigenvalue weighted by atomic mass is 32.1. The number of aliphatic hydroxyl groups is 1. The Morgan fingerprint density at radius 3 is 2.53 bits per heavy atom. The first-order valence-electron chi connectivity index (χ1n) is 11.4. The first-order chi connectivity index (χ1) is 16.4. The molecule has 3 atom stereocenters. The highest BCUT2D eigenvalue weighted by molar-refractivity contribution is 7.08. The molecule has 3 aliphatic heterocycles. The molecule has 0 aliphatic carbocycles. The van der Waals surface area contributed by atoms with Crippen molar-refractivity contribution < 1.29 is 23.9 Å². The van der Waals surface area contributed by atoms with Gasteiger partial charge in [-0.1, -0.05) is 30.3 Å². The van der Waals surface area contributed by atoms with Crippen molar-refractivity contribution in [3.8, 4) is 0 Å². The molecule has 5 heterocycles. The Balaban J connectivity index is 1.45. The Morgan fingerprint density at radius 1 is 1.15 bits per heavy atom. The number of rotatable bonds is 7. The summed E-state index contributed by atoms with van der Waals surface area (Å²) in [6, 6.07) is 9.92. The van der Waals surface area contributed by atoms with Crippen molar-refractivity contribution in [3.63, 3.8) is 0 Å². The van der Waals surface area contributed by atoms with Crippen LogP contribution >= 0.6 is 11.3 Å². The molecule has 0 spiro atoms. The van der Waals surface area contributed by atoms with Crippen LogP contribution in [0.5, 0.6) is 0 Å². The zero-order valence-electron chi connectivity index (χ0n) is 18.6. The molecule has 0 radical (unpaired) electrons. The molecule has 6 rings (SSSR count). The highest BCUT2D eigenvalue weighted by Crippen LogP contribution is 2.43. The summed E-state index contributed by atoms with van der Waals surface area (Å²) in [5, 5.41) is 15.3. The Kier molecular flexibility index (Phi) is 5.93. The third kappa shape index (κ3) is 3.79. The van der Waals surface area contributed by atoms with Crippen LogP contribution in [-0.4, -0.2) is 57.2 Å². The van der Waals surface area contributed by atoms with Gasteiger partial charge in [0.05, 0.1) is 19.3 Å². The molecule has 3 aromatic rings. The molecule has 3 saturated heterocycles. The molecule has 9 heteroatoms. The van der Waals surface area contributed by atoms with Crippen molar-refractivity contribution in [2.75, 3.05) is 19.6 Å². The normalized spacial score (nSPS) is 26.4. The Hall–Kier alpha value is -3.14. The van der Waals surface area contributed by atoms with Gasteiger partial charge in [0.15, 0.2) is 6.10 Å². The number of primary amides is 1. The first-order valence-corrected chi connectivity index (χ1v) is 12.3. The van der Waals surface area contributed by atoms with Crippen molar-refractivity contribution in [2.45, 2.75) is 30.6 Å². The number of carbonyl (C=O) groups is 2. The number of piperidine rings is 3. The van der Waals surface area contributed by atoms with E-state index in [1.807, 2.05) is 11.4 Å². The lowest BCUT2D eigenvalue weighted by atomic mass is 9.81. The van der Waals surface area contributed by atoms with Gasteiger partial charge >= 0.3 is 5.97 Å². The van der Waals surface area contributed by atoms with Crippen LogP contribution in [0, 0.1) is 5.92 Å². The Labute approximate surface area is 201 Å². The zero-order chi connectivity index (χ0) is 23.8. The average molecular weight is 480 g/mol. The minimum atomic E-state index is -1.91. The number of thiophene rings is 1. The van der Waals surface area contributed by atoms with Crippen molar-refractivity contribution in [1.82, 2.24) is 9.97 Å². The number of nitrogens with zero attached hydrogens (tertiary/aromatic N) is 3. The first kappa shape index (κ1) is 22.6. The quantitative estimate of drug-likeness (QED) is 0.396. The van der Waals surface area contributed by atoms with Crippen molar-refractivity contribution in [2.24, 2.45) is 11.7 Å². The van der Waals surface area contributed by atoms with Crippen LogP contribution in [0.15, 0.2) is 65.7 Å². The van der Waals surface area contributed by atoms with Crippen LogP contribution in [0.2, 0.25) is 0 Å². The maximum absolute atomic E-state index is 13.6. The number of quaternary nitrogens is 1. The molecule has 1 aromatic carbocycles. The Bertz CT molecular complexity index is 1150. The number of hydrogen-bond donors (Lipinski definition) is 2. The summed E-state index contributed by atoms with van der Waals surface area (Å²) in [6.45, 7) is 1.93. The summed E-state index contributed by atoms with van der Waals surface area (Å²) in [4.78, 5) is 34.7. The van der Waals surface area contributed by atoms with Crippen LogP contribution in [0.1, 0.15) is 35.7 Å². The summed E-state index contributed by atoms with van der Waals surface area (Å²) in [6.07, 6.45) is 5.84. The van der Waals surface area contributed by atoms with Gasteiger partial charge in [-0.25, -0.2) is 4.79 Å². The maximum atomic E-state index is 13.6. The predicted octanol–water partition coefficient (Wildman–Crippen LogP) is 2.15. The van der Waals surface area contributed by atoms with E-state index in [1.54, 1.807) is 54.3 Å². The minimum Gasteiger partial charge on any atom is -0.453 e. The van der Waals surface area contributed by atoms with Gasteiger partial charge < -0.3 is 20.1 Å². The minimum absolute atomic E-state index is 0.168. The molecule has 3 aliphatic rings. The van der Waals surface area contributed by atoms with E-state index in [4.69, 9.17) is 10.5 Å². The molecule has 3 fully saturated rings. The van der Waals surface area contributed by atoms with Crippen molar-refractivity contribution >= 4 is 23.2 Å². The van der Waals surface area contributed by atoms with E-state index >= 15 is 0 Å². The molecular formula is C25H27N4O4S+. The molecule has 8 nitrogen and oxygen atoms in total. The monoisotopic (exact) mass is 479 g/mol. The number of esters is 1. The maximum Gasteiger partial charge on any atom is 0.348 e. The molecule has 34 heavy (non-hydrogen) atoms. The topological polar surface area (TPSA) is 115 Å². The largest absolute Gasteiger partial charge is 0.453 e. The molecular weight excluding hydrogens is 452 g/mol. The van der Waals surface area contributed by atoms with Gasteiger partial charge in [-0.3, -0.25) is 14.8 Å². The van der Waals surface area contributed by atoms with Gasteiger partial charge in [0.1, 0.15) is 12.2 Å². The zero-order valence-corrected chi connectivity index (χ0v) is 19.4. The smallest absolute Gasteiger partial charge is 0.348 e. The van der Waals surface area contributed by atoms with Gasteiger partial charge in [0.25, 0.3) is 5.91 Å². The lowest BCUT2D eigenvalue weighted by Crippen LogP contribution is -2.67. The number of ether oxygens (including phenoxy) is 1. The number of amides is 1. The number of hydrogen-bond acceptors (Lipinski definition) is 7. The fourth-order valence-corrected chi connectivity index (χ4v) is 6.28. The number of benzene rings is 1. The number of aromatic nitrogens is 2. The molecule has 1 amide bonds.